The minimum atomic E-state index is -1.20. The maximum Gasteiger partial charge on any atom is 0.372 e. The number of aryl methyl sites for hydroxylation is 2. The highest BCUT2D eigenvalue weighted by atomic mass is 35.5. The zero-order chi connectivity index (χ0) is 19.0. The van der Waals surface area contributed by atoms with Crippen molar-refractivity contribution in [3.63, 3.8) is 0 Å². The molecule has 6 nitrogen and oxygen atoms in total. The number of H-pyrrole nitrogens is 1. The standard InChI is InChI=1S/C10H8N2O3S.C9H9NS.ClH/c13-8-6-4-2-1-3-5(4)16-9(6)12-7(11-8)10(14)15;10-5-7-6-11-9-4-2-1-3-8(7)9;/h1-3H2,(H,14,15)(H,11,12,13);1-4,6H,5,10H2;1H. The predicted octanol–water partition coefficient (Wildman–Crippen LogP) is 3.95. The lowest BCUT2D eigenvalue weighted by Gasteiger charge is -1.95. The second-order valence-corrected chi connectivity index (χ2v) is 8.21. The summed E-state index contributed by atoms with van der Waals surface area (Å²) < 4.78 is 1.33. The van der Waals surface area contributed by atoms with Gasteiger partial charge in [0.05, 0.1) is 5.39 Å². The molecule has 1 aromatic carbocycles. The van der Waals surface area contributed by atoms with Gasteiger partial charge in [0, 0.05) is 16.1 Å². The van der Waals surface area contributed by atoms with Crippen LogP contribution in [0.5, 0.6) is 0 Å². The van der Waals surface area contributed by atoms with Crippen molar-refractivity contribution < 1.29 is 9.90 Å². The predicted molar refractivity (Wildman–Crippen MR) is 116 cm³/mol. The maximum absolute atomic E-state index is 11.8. The third-order valence-corrected chi connectivity index (χ3v) is 6.76. The number of nitrogens with zero attached hydrogens (tertiary/aromatic N) is 1. The molecule has 0 fully saturated rings. The molecule has 0 saturated heterocycles. The summed E-state index contributed by atoms with van der Waals surface area (Å²) in [6, 6.07) is 8.35. The molecule has 0 radical (unpaired) electrons. The number of aromatic nitrogens is 2. The molecule has 4 aromatic rings. The average Bonchev–Trinajstić information content (AvgIpc) is 3.35. The number of nitrogens with one attached hydrogen (secondary N) is 1. The van der Waals surface area contributed by atoms with Crippen molar-refractivity contribution >= 4 is 61.4 Å². The molecule has 0 saturated carbocycles. The third kappa shape index (κ3) is 3.68. The highest BCUT2D eigenvalue weighted by Gasteiger charge is 2.22. The number of halogens is 1. The Labute approximate surface area is 174 Å². The average molecular weight is 436 g/mol. The van der Waals surface area contributed by atoms with E-state index in [0.29, 0.717) is 16.8 Å². The van der Waals surface area contributed by atoms with Crippen LogP contribution in [0.4, 0.5) is 0 Å². The molecule has 5 rings (SSSR count). The summed E-state index contributed by atoms with van der Waals surface area (Å²) in [6.45, 7) is 0.643. The highest BCUT2D eigenvalue weighted by molar-refractivity contribution is 7.19. The van der Waals surface area contributed by atoms with E-state index in [-0.39, 0.29) is 23.8 Å². The van der Waals surface area contributed by atoms with Crippen molar-refractivity contribution in [3.05, 3.63) is 61.8 Å². The number of aromatic amines is 1. The molecule has 1 aliphatic rings. The van der Waals surface area contributed by atoms with Gasteiger partial charge in [-0.2, -0.15) is 0 Å². The molecule has 9 heteroatoms. The number of carboxylic acid groups (broad SMARTS) is 1. The summed E-state index contributed by atoms with van der Waals surface area (Å²) in [5.74, 6) is -1.48. The van der Waals surface area contributed by atoms with Crippen LogP contribution in [0, 0.1) is 0 Å². The van der Waals surface area contributed by atoms with Gasteiger partial charge in [-0.25, -0.2) is 9.78 Å². The lowest BCUT2D eigenvalue weighted by Crippen LogP contribution is -2.15. The molecular formula is C19H18ClN3O3S2. The number of fused-ring (bicyclic) bond motifs is 4. The van der Waals surface area contributed by atoms with Crippen LogP contribution in [0.1, 0.15) is 33.0 Å². The fraction of sp³-hybridized carbons (Fsp3) is 0.211. The quantitative estimate of drug-likeness (QED) is 0.441. The number of carboxylic acids is 1. The number of thiophene rings is 2. The lowest BCUT2D eigenvalue weighted by molar-refractivity contribution is 0.0683. The summed E-state index contributed by atoms with van der Waals surface area (Å²) in [4.78, 5) is 30.5. The number of benzene rings is 1. The molecule has 3 aromatic heterocycles. The van der Waals surface area contributed by atoms with E-state index < -0.39 is 5.97 Å². The van der Waals surface area contributed by atoms with Gasteiger partial charge in [0.2, 0.25) is 5.82 Å². The van der Waals surface area contributed by atoms with Gasteiger partial charge in [-0.05, 0) is 47.2 Å². The van der Waals surface area contributed by atoms with E-state index in [1.165, 1.54) is 31.9 Å². The van der Waals surface area contributed by atoms with Crippen LogP contribution < -0.4 is 11.3 Å². The van der Waals surface area contributed by atoms with Crippen LogP contribution in [0.15, 0.2) is 34.4 Å². The third-order valence-electron chi connectivity index (χ3n) is 4.56. The van der Waals surface area contributed by atoms with Gasteiger partial charge in [-0.15, -0.1) is 35.1 Å². The first-order valence-electron chi connectivity index (χ1n) is 8.51. The summed E-state index contributed by atoms with van der Waals surface area (Å²) >= 11 is 3.20. The van der Waals surface area contributed by atoms with E-state index in [2.05, 4.69) is 33.5 Å². The van der Waals surface area contributed by atoms with E-state index in [0.717, 1.165) is 24.8 Å². The van der Waals surface area contributed by atoms with E-state index in [4.69, 9.17) is 10.8 Å². The molecule has 0 aliphatic heterocycles. The van der Waals surface area contributed by atoms with Gasteiger partial charge in [-0.1, -0.05) is 18.2 Å². The van der Waals surface area contributed by atoms with Gasteiger partial charge in [-0.3, -0.25) is 4.79 Å². The van der Waals surface area contributed by atoms with Crippen molar-refractivity contribution in [2.24, 2.45) is 5.73 Å². The van der Waals surface area contributed by atoms with Crippen molar-refractivity contribution in [2.45, 2.75) is 25.8 Å². The van der Waals surface area contributed by atoms with Crippen molar-refractivity contribution in [3.8, 4) is 0 Å². The van der Waals surface area contributed by atoms with Crippen LogP contribution >= 0.6 is 35.1 Å². The Morgan fingerprint density at radius 2 is 2.07 bits per heavy atom. The van der Waals surface area contributed by atoms with Crippen LogP contribution in [-0.2, 0) is 19.4 Å². The van der Waals surface area contributed by atoms with Gasteiger partial charge in [0.1, 0.15) is 4.83 Å². The van der Waals surface area contributed by atoms with Gasteiger partial charge in [0.15, 0.2) is 0 Å². The van der Waals surface area contributed by atoms with Crippen LogP contribution in [0.2, 0.25) is 0 Å². The first kappa shape index (κ1) is 20.5. The van der Waals surface area contributed by atoms with Crippen molar-refractivity contribution in [2.75, 3.05) is 0 Å². The van der Waals surface area contributed by atoms with Gasteiger partial charge in [0.25, 0.3) is 5.56 Å². The zero-order valence-electron chi connectivity index (χ0n) is 14.7. The Morgan fingerprint density at radius 1 is 1.29 bits per heavy atom. The Morgan fingerprint density at radius 3 is 2.82 bits per heavy atom. The highest BCUT2D eigenvalue weighted by Crippen LogP contribution is 2.34. The van der Waals surface area contributed by atoms with E-state index in [1.807, 2.05) is 6.07 Å². The smallest absolute Gasteiger partial charge is 0.372 e. The topological polar surface area (TPSA) is 109 Å². The van der Waals surface area contributed by atoms with Crippen LogP contribution in [-0.4, -0.2) is 21.0 Å². The molecular weight excluding hydrogens is 418 g/mol. The monoisotopic (exact) mass is 435 g/mol. The molecule has 3 heterocycles. The largest absolute Gasteiger partial charge is 0.475 e. The molecule has 0 bridgehead atoms. The van der Waals surface area contributed by atoms with Crippen LogP contribution in [0.3, 0.4) is 0 Å². The van der Waals surface area contributed by atoms with Crippen LogP contribution in [0.25, 0.3) is 20.3 Å². The minimum Gasteiger partial charge on any atom is -0.475 e. The first-order chi connectivity index (χ1) is 13.1. The molecule has 0 spiro atoms. The number of nitrogens with two attached hydrogens (primary N) is 1. The Kier molecular flexibility index (Phi) is 6.14. The molecule has 4 N–H and O–H groups in total. The minimum absolute atomic E-state index is 0. The fourth-order valence-corrected chi connectivity index (χ4v) is 5.53. The van der Waals surface area contributed by atoms with Gasteiger partial charge >= 0.3 is 5.97 Å². The molecule has 1 aliphatic carbocycles. The Balaban J connectivity index is 0.000000165. The molecule has 0 unspecified atom stereocenters. The number of rotatable bonds is 2. The SMILES string of the molecule is Cl.NCc1csc2ccccc12.O=C(O)c1nc2sc3c(c2c(=O)[nH]1)CCC3. The Hall–Kier alpha value is -2.26. The van der Waals surface area contributed by atoms with Crippen molar-refractivity contribution in [1.29, 1.82) is 0 Å². The zero-order valence-corrected chi connectivity index (χ0v) is 17.2. The normalized spacial score (nSPS) is 12.3. The number of hydrogen-bond acceptors (Lipinski definition) is 6. The number of hydrogen-bond donors (Lipinski definition) is 3. The lowest BCUT2D eigenvalue weighted by atomic mass is 10.2. The molecule has 28 heavy (non-hydrogen) atoms. The van der Waals surface area contributed by atoms with E-state index in [1.54, 1.807) is 11.3 Å². The number of aromatic carboxylic acids is 1. The Bertz CT molecular complexity index is 1210. The van der Waals surface area contributed by atoms with E-state index in [9.17, 15) is 9.59 Å². The maximum atomic E-state index is 11.8. The van der Waals surface area contributed by atoms with E-state index >= 15 is 0 Å². The van der Waals surface area contributed by atoms with Gasteiger partial charge < -0.3 is 15.8 Å². The second-order valence-electron chi connectivity index (χ2n) is 6.22. The number of carbonyl (C=O) groups is 1. The fourth-order valence-electron chi connectivity index (χ4n) is 3.29. The summed E-state index contributed by atoms with van der Waals surface area (Å²) in [6.07, 6.45) is 2.93. The second kappa shape index (κ2) is 8.40. The first-order valence-corrected chi connectivity index (χ1v) is 10.2. The molecule has 0 atom stereocenters. The summed E-state index contributed by atoms with van der Waals surface area (Å²) in [5, 5.41) is 12.8. The molecule has 0 amide bonds. The molecule has 146 valence electrons. The summed E-state index contributed by atoms with van der Waals surface area (Å²) in [5.41, 5.74) is 7.55. The summed E-state index contributed by atoms with van der Waals surface area (Å²) in [7, 11) is 0. The van der Waals surface area contributed by atoms with Crippen molar-refractivity contribution in [1.82, 2.24) is 9.97 Å².